The van der Waals surface area contributed by atoms with Crippen molar-refractivity contribution in [3.8, 4) is 0 Å². The summed E-state index contributed by atoms with van der Waals surface area (Å²) < 4.78 is 0.904. The fourth-order valence-corrected chi connectivity index (χ4v) is 2.14. The van der Waals surface area contributed by atoms with Crippen LogP contribution in [0.1, 0.15) is 43.5 Å². The van der Waals surface area contributed by atoms with Gasteiger partial charge in [0.25, 0.3) is 0 Å². The van der Waals surface area contributed by atoms with Gasteiger partial charge in [0.05, 0.1) is 0 Å². The van der Waals surface area contributed by atoms with Gasteiger partial charge in [-0.25, -0.2) is 0 Å². The lowest BCUT2D eigenvalue weighted by atomic mass is 9.94. The lowest BCUT2D eigenvalue weighted by Crippen LogP contribution is -2.07. The summed E-state index contributed by atoms with van der Waals surface area (Å²) in [7, 11) is 0. The van der Waals surface area contributed by atoms with E-state index < -0.39 is 0 Å². The molecule has 1 rings (SSSR count). The number of ketones is 1. The van der Waals surface area contributed by atoms with E-state index in [1.54, 1.807) is 0 Å². The van der Waals surface area contributed by atoms with E-state index in [4.69, 9.17) is 0 Å². The molecule has 0 unspecified atom stereocenters. The zero-order valence-corrected chi connectivity index (χ0v) is 10.9. The third-order valence-electron chi connectivity index (χ3n) is 2.80. The summed E-state index contributed by atoms with van der Waals surface area (Å²) in [6.07, 6.45) is 2.81. The molecule has 2 heteroatoms. The Kier molecular flexibility index (Phi) is 5.03. The van der Waals surface area contributed by atoms with E-state index in [0.717, 1.165) is 22.9 Å². The van der Waals surface area contributed by atoms with Gasteiger partial charge in [-0.15, -0.1) is 0 Å². The maximum Gasteiger partial charge on any atom is 0.164 e. The fourth-order valence-electron chi connectivity index (χ4n) is 1.64. The van der Waals surface area contributed by atoms with E-state index in [2.05, 4.69) is 29.8 Å². The van der Waals surface area contributed by atoms with Gasteiger partial charge in [0.1, 0.15) is 0 Å². The highest BCUT2D eigenvalue weighted by Gasteiger charge is 2.13. The van der Waals surface area contributed by atoms with E-state index in [1.807, 2.05) is 24.3 Å². The molecule has 0 saturated heterocycles. The maximum absolute atomic E-state index is 12.0. The first kappa shape index (κ1) is 12.4. The lowest BCUT2D eigenvalue weighted by molar-refractivity contribution is 0.0958. The first-order valence-electron chi connectivity index (χ1n) is 5.46. The topological polar surface area (TPSA) is 17.1 Å². The first-order chi connectivity index (χ1) is 7.19. The van der Waals surface area contributed by atoms with Crippen LogP contribution in [-0.2, 0) is 0 Å². The van der Waals surface area contributed by atoms with Crippen LogP contribution in [0, 0.1) is 5.92 Å². The molecule has 0 N–H and O–H groups in total. The molecule has 15 heavy (non-hydrogen) atoms. The molecular weight excluding hydrogens is 252 g/mol. The third-order valence-corrected chi connectivity index (χ3v) is 3.49. The maximum atomic E-state index is 12.0. The van der Waals surface area contributed by atoms with E-state index in [1.165, 1.54) is 0 Å². The van der Waals surface area contributed by atoms with E-state index in [0.29, 0.717) is 12.3 Å². The number of carbonyl (C=O) groups excluding carboxylic acids is 1. The van der Waals surface area contributed by atoms with Crippen molar-refractivity contribution in [2.75, 3.05) is 0 Å². The summed E-state index contributed by atoms with van der Waals surface area (Å²) in [6.45, 7) is 4.28. The Morgan fingerprint density at radius 1 is 1.27 bits per heavy atom. The molecule has 1 aromatic rings. The van der Waals surface area contributed by atoms with Gasteiger partial charge in [0.15, 0.2) is 5.78 Å². The minimum atomic E-state index is 0.246. The van der Waals surface area contributed by atoms with Crippen molar-refractivity contribution in [3.63, 3.8) is 0 Å². The highest BCUT2D eigenvalue weighted by atomic mass is 79.9. The summed E-state index contributed by atoms with van der Waals surface area (Å²) >= 11 is 3.41. The van der Waals surface area contributed by atoms with E-state index >= 15 is 0 Å². The minimum Gasteiger partial charge on any atom is -0.294 e. The van der Waals surface area contributed by atoms with Gasteiger partial charge in [-0.2, -0.15) is 0 Å². The number of rotatable bonds is 5. The molecule has 0 saturated carbocycles. The van der Waals surface area contributed by atoms with Gasteiger partial charge < -0.3 is 0 Å². The Balaban J connectivity index is 2.73. The standard InChI is InChI=1S/C13H17BrO/c1-3-10(4-2)9-13(15)11-7-5-6-8-12(11)14/h5-8,10H,3-4,9H2,1-2H3. The van der Waals surface area contributed by atoms with Crippen LogP contribution in [0.15, 0.2) is 28.7 Å². The predicted molar refractivity (Wildman–Crippen MR) is 67.2 cm³/mol. The monoisotopic (exact) mass is 268 g/mol. The largest absolute Gasteiger partial charge is 0.294 e. The van der Waals surface area contributed by atoms with E-state index in [9.17, 15) is 4.79 Å². The molecule has 0 amide bonds. The molecule has 0 bridgehead atoms. The second kappa shape index (κ2) is 6.06. The molecule has 82 valence electrons. The molecule has 0 spiro atoms. The molecule has 1 nitrogen and oxygen atoms in total. The number of Topliss-reactive ketones (excluding diaryl/α,β-unsaturated/α-hetero) is 1. The summed E-state index contributed by atoms with van der Waals surface area (Å²) in [5.41, 5.74) is 0.810. The Hall–Kier alpha value is -0.630. The minimum absolute atomic E-state index is 0.246. The van der Waals surface area contributed by atoms with Crippen molar-refractivity contribution in [1.29, 1.82) is 0 Å². The Bertz CT molecular complexity index is 329. The van der Waals surface area contributed by atoms with Gasteiger partial charge >= 0.3 is 0 Å². The Morgan fingerprint density at radius 2 is 1.87 bits per heavy atom. The molecule has 0 heterocycles. The second-order valence-electron chi connectivity index (χ2n) is 3.79. The third kappa shape index (κ3) is 3.45. The number of halogens is 1. The summed E-state index contributed by atoms with van der Waals surface area (Å²) in [5, 5.41) is 0. The van der Waals surface area contributed by atoms with Gasteiger partial charge in [0.2, 0.25) is 0 Å². The fraction of sp³-hybridized carbons (Fsp3) is 0.462. The van der Waals surface area contributed by atoms with Gasteiger partial charge in [-0.05, 0) is 12.0 Å². The summed E-state index contributed by atoms with van der Waals surface area (Å²) in [6, 6.07) is 7.64. The molecule has 0 atom stereocenters. The van der Waals surface area contributed by atoms with Crippen LogP contribution >= 0.6 is 15.9 Å². The average molecular weight is 269 g/mol. The van der Waals surface area contributed by atoms with Crippen LogP contribution in [0.3, 0.4) is 0 Å². The summed E-state index contributed by atoms with van der Waals surface area (Å²) in [5.74, 6) is 0.765. The van der Waals surface area contributed by atoms with Crippen LogP contribution < -0.4 is 0 Å². The van der Waals surface area contributed by atoms with Crippen LogP contribution in [0.5, 0.6) is 0 Å². The van der Waals surface area contributed by atoms with Crippen molar-refractivity contribution in [1.82, 2.24) is 0 Å². The predicted octanol–water partition coefficient (Wildman–Crippen LogP) is 4.46. The first-order valence-corrected chi connectivity index (χ1v) is 6.26. The summed E-state index contributed by atoms with van der Waals surface area (Å²) in [4.78, 5) is 12.0. The number of benzene rings is 1. The average Bonchev–Trinajstić information content (AvgIpc) is 2.26. The smallest absolute Gasteiger partial charge is 0.164 e. The van der Waals surface area contributed by atoms with Crippen molar-refractivity contribution in [3.05, 3.63) is 34.3 Å². The normalized spacial score (nSPS) is 10.7. The van der Waals surface area contributed by atoms with Crippen LogP contribution in [0.4, 0.5) is 0 Å². The SMILES string of the molecule is CCC(CC)CC(=O)c1ccccc1Br. The second-order valence-corrected chi connectivity index (χ2v) is 4.64. The molecule has 0 fully saturated rings. The highest BCUT2D eigenvalue weighted by Crippen LogP contribution is 2.21. The Morgan fingerprint density at radius 3 is 2.40 bits per heavy atom. The van der Waals surface area contributed by atoms with E-state index in [-0.39, 0.29) is 5.78 Å². The van der Waals surface area contributed by atoms with Gasteiger partial charge in [-0.1, -0.05) is 60.8 Å². The number of carbonyl (C=O) groups is 1. The Labute approximate surface area is 100 Å². The van der Waals surface area contributed by atoms with Crippen molar-refractivity contribution in [2.45, 2.75) is 33.1 Å². The van der Waals surface area contributed by atoms with Crippen molar-refractivity contribution < 1.29 is 4.79 Å². The van der Waals surface area contributed by atoms with Crippen LogP contribution in [0.2, 0.25) is 0 Å². The molecule has 0 aliphatic heterocycles. The quantitative estimate of drug-likeness (QED) is 0.721. The number of hydrogen-bond donors (Lipinski definition) is 0. The van der Waals surface area contributed by atoms with Crippen LogP contribution in [-0.4, -0.2) is 5.78 Å². The highest BCUT2D eigenvalue weighted by molar-refractivity contribution is 9.10. The van der Waals surface area contributed by atoms with Crippen LogP contribution in [0.25, 0.3) is 0 Å². The van der Waals surface area contributed by atoms with Gasteiger partial charge in [0, 0.05) is 16.5 Å². The molecule has 0 aliphatic rings. The molecule has 0 aromatic heterocycles. The molecule has 0 aliphatic carbocycles. The molecular formula is C13H17BrO. The van der Waals surface area contributed by atoms with Crippen molar-refractivity contribution >= 4 is 21.7 Å². The zero-order chi connectivity index (χ0) is 11.3. The lowest BCUT2D eigenvalue weighted by Gasteiger charge is -2.11. The molecule has 1 aromatic carbocycles. The van der Waals surface area contributed by atoms with Crippen molar-refractivity contribution in [2.24, 2.45) is 5.92 Å². The molecule has 0 radical (unpaired) electrons. The number of hydrogen-bond acceptors (Lipinski definition) is 1. The van der Waals surface area contributed by atoms with Gasteiger partial charge in [-0.3, -0.25) is 4.79 Å². The zero-order valence-electron chi connectivity index (χ0n) is 9.29.